The van der Waals surface area contributed by atoms with E-state index < -0.39 is 16.0 Å². The van der Waals surface area contributed by atoms with Crippen molar-refractivity contribution in [2.45, 2.75) is 50.3 Å². The van der Waals surface area contributed by atoms with E-state index in [1.165, 1.54) is 0 Å². The van der Waals surface area contributed by atoms with Crippen LogP contribution in [-0.2, 0) is 14.8 Å². The largest absolute Gasteiger partial charge is 0.461 e. The average molecular weight is 315 g/mol. The molecule has 1 aromatic heterocycles. The number of carbonyl (C=O) groups is 1. The summed E-state index contributed by atoms with van der Waals surface area (Å²) in [5, 5.41) is 11.6. The first kappa shape index (κ1) is 16.0. The van der Waals surface area contributed by atoms with Gasteiger partial charge in [-0.05, 0) is 24.7 Å². The summed E-state index contributed by atoms with van der Waals surface area (Å²) in [6, 6.07) is 0. The Labute approximate surface area is 124 Å². The molecule has 2 rings (SSSR count). The minimum Gasteiger partial charge on any atom is -0.461 e. The molecule has 0 spiro atoms. The number of hydrogen-bond acceptors (Lipinski definition) is 5. The van der Waals surface area contributed by atoms with Gasteiger partial charge in [-0.2, -0.15) is 5.10 Å². The number of nitrogens with two attached hydrogens (primary N) is 1. The highest BCUT2D eigenvalue weighted by Crippen LogP contribution is 2.27. The number of H-pyrrole nitrogens is 1. The SMILES string of the molecule is CC(C)c1[nH]nc(C(=O)OCC2CCCC2)c1S(N)(=O)=O. The molecular formula is C13H21N3O4S. The van der Waals surface area contributed by atoms with Crippen LogP contribution in [0.1, 0.15) is 61.6 Å². The zero-order valence-electron chi connectivity index (χ0n) is 12.3. The van der Waals surface area contributed by atoms with E-state index in [1.807, 2.05) is 0 Å². The van der Waals surface area contributed by atoms with Gasteiger partial charge in [0.2, 0.25) is 10.0 Å². The summed E-state index contributed by atoms with van der Waals surface area (Å²) in [5.74, 6) is -0.535. The smallest absolute Gasteiger partial charge is 0.360 e. The lowest BCUT2D eigenvalue weighted by atomic mass is 10.1. The third-order valence-corrected chi connectivity index (χ3v) is 4.71. The van der Waals surface area contributed by atoms with Gasteiger partial charge in [-0.1, -0.05) is 26.7 Å². The van der Waals surface area contributed by atoms with Gasteiger partial charge < -0.3 is 4.74 Å². The lowest BCUT2D eigenvalue weighted by Gasteiger charge is -2.10. The Morgan fingerprint density at radius 1 is 1.43 bits per heavy atom. The highest BCUT2D eigenvalue weighted by Gasteiger charge is 2.30. The molecule has 0 radical (unpaired) electrons. The number of nitrogens with one attached hydrogen (secondary N) is 1. The second-order valence-electron chi connectivity index (χ2n) is 5.76. The van der Waals surface area contributed by atoms with E-state index in [1.54, 1.807) is 13.8 Å². The molecule has 118 valence electrons. The Bertz CT molecular complexity index is 615. The number of primary sulfonamides is 1. The zero-order valence-corrected chi connectivity index (χ0v) is 13.1. The van der Waals surface area contributed by atoms with Crippen molar-refractivity contribution < 1.29 is 17.9 Å². The average Bonchev–Trinajstić information content (AvgIpc) is 3.03. The fourth-order valence-electron chi connectivity index (χ4n) is 2.60. The molecule has 0 aliphatic heterocycles. The molecule has 0 unspecified atom stereocenters. The third kappa shape index (κ3) is 3.62. The van der Waals surface area contributed by atoms with Gasteiger partial charge in [-0.3, -0.25) is 5.10 Å². The van der Waals surface area contributed by atoms with Crippen LogP contribution in [-0.4, -0.2) is 31.2 Å². The molecule has 0 amide bonds. The number of ether oxygens (including phenoxy) is 1. The second kappa shape index (κ2) is 6.15. The topological polar surface area (TPSA) is 115 Å². The van der Waals surface area contributed by atoms with Crippen LogP contribution in [0.3, 0.4) is 0 Å². The minimum atomic E-state index is -4.04. The maximum atomic E-state index is 12.1. The van der Waals surface area contributed by atoms with Crippen LogP contribution in [0.25, 0.3) is 0 Å². The predicted molar refractivity (Wildman–Crippen MR) is 76.3 cm³/mol. The Morgan fingerprint density at radius 2 is 2.05 bits per heavy atom. The lowest BCUT2D eigenvalue weighted by Crippen LogP contribution is -2.20. The number of carbonyl (C=O) groups excluding carboxylic acids is 1. The van der Waals surface area contributed by atoms with Crippen LogP contribution < -0.4 is 5.14 Å². The fraction of sp³-hybridized carbons (Fsp3) is 0.692. The lowest BCUT2D eigenvalue weighted by molar-refractivity contribution is 0.0431. The molecule has 0 saturated heterocycles. The first-order chi connectivity index (χ1) is 9.80. The predicted octanol–water partition coefficient (Wildman–Crippen LogP) is 1.53. The van der Waals surface area contributed by atoms with Gasteiger partial charge in [0.1, 0.15) is 4.90 Å². The van der Waals surface area contributed by atoms with Gasteiger partial charge in [0.15, 0.2) is 5.69 Å². The van der Waals surface area contributed by atoms with Crippen LogP contribution in [0.5, 0.6) is 0 Å². The number of aromatic amines is 1. The molecule has 3 N–H and O–H groups in total. The van der Waals surface area contributed by atoms with E-state index in [-0.39, 0.29) is 16.5 Å². The molecule has 1 fully saturated rings. The molecular weight excluding hydrogens is 294 g/mol. The van der Waals surface area contributed by atoms with Gasteiger partial charge in [0.05, 0.1) is 12.3 Å². The fourth-order valence-corrected chi connectivity index (χ4v) is 3.59. The highest BCUT2D eigenvalue weighted by atomic mass is 32.2. The normalized spacial score (nSPS) is 16.6. The molecule has 1 aliphatic carbocycles. The van der Waals surface area contributed by atoms with Gasteiger partial charge in [0, 0.05) is 0 Å². The number of nitrogens with zero attached hydrogens (tertiary/aromatic N) is 1. The minimum absolute atomic E-state index is 0.151. The molecule has 0 atom stereocenters. The molecule has 1 saturated carbocycles. The van der Waals surface area contributed by atoms with Gasteiger partial charge in [-0.15, -0.1) is 0 Å². The maximum absolute atomic E-state index is 12.1. The number of rotatable bonds is 5. The molecule has 0 bridgehead atoms. The number of hydrogen-bond donors (Lipinski definition) is 2. The summed E-state index contributed by atoms with van der Waals surface area (Å²) in [7, 11) is -4.04. The zero-order chi connectivity index (χ0) is 15.6. The second-order valence-corrected chi connectivity index (χ2v) is 7.26. The monoisotopic (exact) mass is 315 g/mol. The first-order valence-corrected chi connectivity index (χ1v) is 8.63. The Kier molecular flexibility index (Phi) is 4.67. The van der Waals surface area contributed by atoms with Gasteiger partial charge in [0.25, 0.3) is 0 Å². The number of aromatic nitrogens is 2. The van der Waals surface area contributed by atoms with Crippen molar-refractivity contribution >= 4 is 16.0 Å². The van der Waals surface area contributed by atoms with Crippen molar-refractivity contribution in [2.24, 2.45) is 11.1 Å². The van der Waals surface area contributed by atoms with Crippen LogP contribution in [0.4, 0.5) is 0 Å². The van der Waals surface area contributed by atoms with Crippen molar-refractivity contribution in [1.82, 2.24) is 10.2 Å². The quantitative estimate of drug-likeness (QED) is 0.799. The molecule has 7 nitrogen and oxygen atoms in total. The third-order valence-electron chi connectivity index (χ3n) is 3.73. The van der Waals surface area contributed by atoms with E-state index in [0.29, 0.717) is 18.2 Å². The molecule has 1 aliphatic rings. The summed E-state index contributed by atoms with van der Waals surface area (Å²) in [5.41, 5.74) is 0.0736. The molecule has 1 aromatic rings. The maximum Gasteiger partial charge on any atom is 0.360 e. The molecule has 21 heavy (non-hydrogen) atoms. The first-order valence-electron chi connectivity index (χ1n) is 7.09. The Balaban J connectivity index is 2.20. The van der Waals surface area contributed by atoms with Gasteiger partial charge >= 0.3 is 5.97 Å². The van der Waals surface area contributed by atoms with Crippen LogP contribution >= 0.6 is 0 Å². The van der Waals surface area contributed by atoms with Crippen molar-refractivity contribution in [2.75, 3.05) is 6.61 Å². The van der Waals surface area contributed by atoms with Crippen molar-refractivity contribution in [3.8, 4) is 0 Å². The van der Waals surface area contributed by atoms with E-state index >= 15 is 0 Å². The number of sulfonamides is 1. The summed E-state index contributed by atoms with van der Waals surface area (Å²) in [6.07, 6.45) is 4.36. The van der Waals surface area contributed by atoms with Crippen LogP contribution in [0.15, 0.2) is 4.90 Å². The van der Waals surface area contributed by atoms with Crippen molar-refractivity contribution in [1.29, 1.82) is 0 Å². The Morgan fingerprint density at radius 3 is 2.57 bits per heavy atom. The van der Waals surface area contributed by atoms with E-state index in [0.717, 1.165) is 25.7 Å². The highest BCUT2D eigenvalue weighted by molar-refractivity contribution is 7.89. The molecule has 8 heteroatoms. The van der Waals surface area contributed by atoms with Crippen LogP contribution in [0.2, 0.25) is 0 Å². The van der Waals surface area contributed by atoms with Crippen LogP contribution in [0, 0.1) is 5.92 Å². The number of esters is 1. The summed E-state index contributed by atoms with van der Waals surface area (Å²) in [4.78, 5) is 11.8. The summed E-state index contributed by atoms with van der Waals surface area (Å²) in [6.45, 7) is 3.87. The van der Waals surface area contributed by atoms with Crippen molar-refractivity contribution in [3.05, 3.63) is 11.4 Å². The standard InChI is InChI=1S/C13H21N3O4S/c1-8(2)10-12(21(14,18)19)11(16-15-10)13(17)20-7-9-5-3-4-6-9/h8-9H,3-7H2,1-2H3,(H,15,16)(H2,14,18,19). The summed E-state index contributed by atoms with van der Waals surface area (Å²) >= 11 is 0. The Hall–Kier alpha value is -1.41. The molecule has 0 aromatic carbocycles. The molecule has 1 heterocycles. The van der Waals surface area contributed by atoms with Crippen molar-refractivity contribution in [3.63, 3.8) is 0 Å². The van der Waals surface area contributed by atoms with E-state index in [4.69, 9.17) is 9.88 Å². The summed E-state index contributed by atoms with van der Waals surface area (Å²) < 4.78 is 28.6. The van der Waals surface area contributed by atoms with Gasteiger partial charge in [-0.25, -0.2) is 18.4 Å². The van der Waals surface area contributed by atoms with E-state index in [2.05, 4.69) is 10.2 Å². The van der Waals surface area contributed by atoms with E-state index in [9.17, 15) is 13.2 Å².